The van der Waals surface area contributed by atoms with E-state index in [9.17, 15) is 0 Å². The van der Waals surface area contributed by atoms with Crippen LogP contribution in [-0.4, -0.2) is 32.4 Å². The Morgan fingerprint density at radius 1 is 1.24 bits per heavy atom. The minimum Gasteiger partial charge on any atom is -0.486 e. The van der Waals surface area contributed by atoms with Crippen molar-refractivity contribution in [1.82, 2.24) is 5.32 Å². The summed E-state index contributed by atoms with van der Waals surface area (Å²) in [6, 6.07) is 4.45. The molecule has 1 fully saturated rings. The lowest BCUT2D eigenvalue weighted by molar-refractivity contribution is 0.0893. The van der Waals surface area contributed by atoms with Crippen molar-refractivity contribution < 1.29 is 14.2 Å². The molecule has 2 heterocycles. The van der Waals surface area contributed by atoms with Crippen LogP contribution in [0.15, 0.2) is 12.1 Å². The van der Waals surface area contributed by atoms with Crippen molar-refractivity contribution in [2.24, 2.45) is 5.92 Å². The van der Waals surface area contributed by atoms with E-state index in [1.54, 1.807) is 0 Å². The summed E-state index contributed by atoms with van der Waals surface area (Å²) in [5, 5.41) is 4.10. The second-order valence-corrected chi connectivity index (χ2v) is 6.34. The summed E-state index contributed by atoms with van der Waals surface area (Å²) in [6.07, 6.45) is 1.14. The normalized spacial score (nSPS) is 24.6. The van der Waals surface area contributed by atoms with Crippen molar-refractivity contribution in [3.05, 3.63) is 22.7 Å². The lowest BCUT2D eigenvalue weighted by atomic mass is 9.94. The number of fused-ring (bicyclic) bond motifs is 1. The third-order valence-corrected chi connectivity index (χ3v) is 4.23. The average molecular weight is 312 g/mol. The molecule has 3 rings (SSSR count). The third-order valence-electron chi connectivity index (χ3n) is 3.95. The molecule has 116 valence electrons. The van der Waals surface area contributed by atoms with Gasteiger partial charge in [0.2, 0.25) is 0 Å². The number of hydrogen-bond acceptors (Lipinski definition) is 4. The highest BCUT2D eigenvalue weighted by Gasteiger charge is 2.31. The molecule has 0 aliphatic carbocycles. The fraction of sp³-hybridized carbons (Fsp3) is 0.625. The van der Waals surface area contributed by atoms with Crippen molar-refractivity contribution in [1.29, 1.82) is 0 Å². The van der Waals surface area contributed by atoms with Crippen LogP contribution in [0.2, 0.25) is 5.02 Å². The van der Waals surface area contributed by atoms with Crippen LogP contribution in [0.5, 0.6) is 11.5 Å². The molecule has 1 saturated heterocycles. The number of benzene rings is 1. The Morgan fingerprint density at radius 3 is 2.86 bits per heavy atom. The van der Waals surface area contributed by atoms with E-state index in [0.29, 0.717) is 35.9 Å². The molecule has 2 unspecified atom stereocenters. The first-order valence-electron chi connectivity index (χ1n) is 7.59. The van der Waals surface area contributed by atoms with Gasteiger partial charge in [-0.25, -0.2) is 0 Å². The number of rotatable bonds is 4. The minimum atomic E-state index is 0.0737. The zero-order chi connectivity index (χ0) is 14.8. The molecule has 2 aliphatic heterocycles. The molecule has 1 aromatic carbocycles. The van der Waals surface area contributed by atoms with Crippen molar-refractivity contribution >= 4 is 11.6 Å². The van der Waals surface area contributed by atoms with Gasteiger partial charge in [-0.3, -0.25) is 0 Å². The average Bonchev–Trinajstić information content (AvgIpc) is 2.93. The Balaban J connectivity index is 1.80. The summed E-state index contributed by atoms with van der Waals surface area (Å²) in [5.74, 6) is 1.85. The van der Waals surface area contributed by atoms with Crippen molar-refractivity contribution in [2.45, 2.75) is 32.4 Å². The Hall–Kier alpha value is -0.970. The van der Waals surface area contributed by atoms with Crippen LogP contribution in [0.25, 0.3) is 0 Å². The predicted octanol–water partition coefficient (Wildman–Crippen LogP) is 3.19. The SMILES string of the molecule is CC(C)NCC1CCOC1c1cc(Cl)c2c(c1)OCCO2. The van der Waals surface area contributed by atoms with E-state index in [4.69, 9.17) is 25.8 Å². The van der Waals surface area contributed by atoms with Gasteiger partial charge in [-0.2, -0.15) is 0 Å². The van der Waals surface area contributed by atoms with Gasteiger partial charge in [0, 0.05) is 25.1 Å². The van der Waals surface area contributed by atoms with Gasteiger partial charge in [0.25, 0.3) is 0 Å². The summed E-state index contributed by atoms with van der Waals surface area (Å²) < 4.78 is 17.2. The number of nitrogens with one attached hydrogen (secondary N) is 1. The molecule has 1 aromatic rings. The molecule has 2 atom stereocenters. The maximum Gasteiger partial charge on any atom is 0.179 e. The van der Waals surface area contributed by atoms with Gasteiger partial charge in [0.15, 0.2) is 11.5 Å². The third kappa shape index (κ3) is 3.28. The zero-order valence-corrected chi connectivity index (χ0v) is 13.3. The molecule has 0 spiro atoms. The first-order chi connectivity index (χ1) is 10.1. The maximum absolute atomic E-state index is 6.32. The highest BCUT2D eigenvalue weighted by Crippen LogP contribution is 2.43. The van der Waals surface area contributed by atoms with Crippen LogP contribution in [0.3, 0.4) is 0 Å². The second kappa shape index (κ2) is 6.42. The summed E-state index contributed by atoms with van der Waals surface area (Å²) in [5.41, 5.74) is 1.08. The number of hydrogen-bond donors (Lipinski definition) is 1. The van der Waals surface area contributed by atoms with Crippen LogP contribution in [0, 0.1) is 5.92 Å². The maximum atomic E-state index is 6.32. The van der Waals surface area contributed by atoms with Gasteiger partial charge in [-0.05, 0) is 24.1 Å². The molecule has 5 heteroatoms. The van der Waals surface area contributed by atoms with E-state index in [-0.39, 0.29) is 6.10 Å². The van der Waals surface area contributed by atoms with E-state index in [2.05, 4.69) is 19.2 Å². The van der Waals surface area contributed by atoms with Crippen LogP contribution >= 0.6 is 11.6 Å². The molecule has 4 nitrogen and oxygen atoms in total. The Morgan fingerprint density at radius 2 is 2.05 bits per heavy atom. The minimum absolute atomic E-state index is 0.0737. The molecule has 0 amide bonds. The smallest absolute Gasteiger partial charge is 0.179 e. The lowest BCUT2D eigenvalue weighted by Gasteiger charge is -2.24. The van der Waals surface area contributed by atoms with Crippen LogP contribution in [-0.2, 0) is 4.74 Å². The van der Waals surface area contributed by atoms with Crippen molar-refractivity contribution in [3.8, 4) is 11.5 Å². The second-order valence-electron chi connectivity index (χ2n) is 5.93. The summed E-state index contributed by atoms with van der Waals surface area (Å²) in [7, 11) is 0. The highest BCUT2D eigenvalue weighted by atomic mass is 35.5. The van der Waals surface area contributed by atoms with Gasteiger partial charge in [-0.15, -0.1) is 0 Å². The first-order valence-corrected chi connectivity index (χ1v) is 7.97. The first kappa shape index (κ1) is 14.9. The monoisotopic (exact) mass is 311 g/mol. The van der Waals surface area contributed by atoms with Gasteiger partial charge < -0.3 is 19.5 Å². The fourth-order valence-electron chi connectivity index (χ4n) is 2.89. The lowest BCUT2D eigenvalue weighted by Crippen LogP contribution is -2.30. The predicted molar refractivity (Wildman–Crippen MR) is 82.4 cm³/mol. The molecule has 0 saturated carbocycles. The number of ether oxygens (including phenoxy) is 3. The molecule has 1 N–H and O–H groups in total. The molecule has 0 radical (unpaired) electrons. The Kier molecular flexibility index (Phi) is 4.57. The van der Waals surface area contributed by atoms with E-state index in [1.165, 1.54) is 0 Å². The van der Waals surface area contributed by atoms with Gasteiger partial charge in [0.05, 0.1) is 11.1 Å². The summed E-state index contributed by atoms with van der Waals surface area (Å²) in [6.45, 7) is 7.18. The highest BCUT2D eigenvalue weighted by molar-refractivity contribution is 6.32. The van der Waals surface area contributed by atoms with Crippen molar-refractivity contribution in [2.75, 3.05) is 26.4 Å². The van der Waals surface area contributed by atoms with Crippen LogP contribution < -0.4 is 14.8 Å². The van der Waals surface area contributed by atoms with E-state index in [0.717, 1.165) is 30.9 Å². The van der Waals surface area contributed by atoms with E-state index >= 15 is 0 Å². The number of halogens is 1. The topological polar surface area (TPSA) is 39.7 Å². The van der Waals surface area contributed by atoms with Crippen molar-refractivity contribution in [3.63, 3.8) is 0 Å². The Bertz CT molecular complexity index is 507. The van der Waals surface area contributed by atoms with E-state index < -0.39 is 0 Å². The van der Waals surface area contributed by atoms with Crippen LogP contribution in [0.1, 0.15) is 31.9 Å². The Labute approximate surface area is 130 Å². The standard InChI is InChI=1S/C16H22ClNO3/c1-10(2)18-9-11-3-4-20-15(11)12-7-13(17)16-14(8-12)19-5-6-21-16/h7-8,10-11,15,18H,3-6,9H2,1-2H3. The molecule has 2 aliphatic rings. The van der Waals surface area contributed by atoms with Gasteiger partial charge in [0.1, 0.15) is 13.2 Å². The summed E-state index contributed by atoms with van der Waals surface area (Å²) >= 11 is 6.32. The largest absolute Gasteiger partial charge is 0.486 e. The summed E-state index contributed by atoms with van der Waals surface area (Å²) in [4.78, 5) is 0. The molecule has 0 bridgehead atoms. The molecular formula is C16H22ClNO3. The molecular weight excluding hydrogens is 290 g/mol. The van der Waals surface area contributed by atoms with Gasteiger partial charge in [-0.1, -0.05) is 25.4 Å². The van der Waals surface area contributed by atoms with E-state index in [1.807, 2.05) is 12.1 Å². The quantitative estimate of drug-likeness (QED) is 0.927. The van der Waals surface area contributed by atoms with Crippen LogP contribution in [0.4, 0.5) is 0 Å². The molecule has 0 aromatic heterocycles. The molecule has 21 heavy (non-hydrogen) atoms. The fourth-order valence-corrected chi connectivity index (χ4v) is 3.17. The van der Waals surface area contributed by atoms with Gasteiger partial charge >= 0.3 is 0 Å². The zero-order valence-electron chi connectivity index (χ0n) is 12.5.